The van der Waals surface area contributed by atoms with Crippen molar-refractivity contribution in [3.05, 3.63) is 77.5 Å². The molecule has 3 aromatic heterocycles. The first-order chi connectivity index (χ1) is 34.6. The van der Waals surface area contributed by atoms with E-state index in [0.29, 0.717) is 67.0 Å². The number of nitrogens with zero attached hydrogens (tertiary/aromatic N) is 8. The molecule has 2 fully saturated rings. The van der Waals surface area contributed by atoms with E-state index in [-0.39, 0.29) is 54.0 Å². The number of fused-ring (bicyclic) bond motifs is 2. The monoisotopic (exact) mass is 1020 g/mol. The molecule has 5 heterocycles. The number of carbonyl (C=O) groups excluding carboxylic acids is 3. The maximum atomic E-state index is 14.6. The highest BCUT2D eigenvalue weighted by Gasteiger charge is 2.46. The molecule has 5 N–H and O–H groups in total. The average molecular weight is 1020 g/mol. The summed E-state index contributed by atoms with van der Waals surface area (Å²) < 4.78 is 39.7. The second-order valence-corrected chi connectivity index (χ2v) is 24.1. The number of amides is 3. The Labute approximate surface area is 428 Å². The van der Waals surface area contributed by atoms with Crippen LogP contribution >= 0.6 is 0 Å². The maximum Gasteiger partial charge on any atom is 0.246 e. The van der Waals surface area contributed by atoms with Gasteiger partial charge in [-0.3, -0.25) is 24.4 Å². The van der Waals surface area contributed by atoms with E-state index < -0.39 is 44.2 Å². The minimum Gasteiger partial charge on any atom is -0.491 e. The summed E-state index contributed by atoms with van der Waals surface area (Å²) in [7, 11) is -2.17. The summed E-state index contributed by atoms with van der Waals surface area (Å²) >= 11 is 0. The fourth-order valence-electron chi connectivity index (χ4n) is 9.48. The molecule has 5 atom stereocenters. The van der Waals surface area contributed by atoms with Crippen molar-refractivity contribution in [2.45, 2.75) is 128 Å². The van der Waals surface area contributed by atoms with Crippen molar-refractivity contribution < 1.29 is 32.3 Å². The van der Waals surface area contributed by atoms with E-state index in [1.165, 1.54) is 11.9 Å². The molecule has 5 aromatic rings. The zero-order valence-electron chi connectivity index (χ0n) is 43.7. The second-order valence-electron chi connectivity index (χ2n) is 21.4. The zero-order valence-corrected chi connectivity index (χ0v) is 44.5. The molecule has 2 aromatic carbocycles. The highest BCUT2D eigenvalue weighted by molar-refractivity contribution is 7.92. The molecule has 21 heteroatoms. The first-order valence-corrected chi connectivity index (χ1v) is 26.7. The van der Waals surface area contributed by atoms with E-state index in [1.54, 1.807) is 64.2 Å². The van der Waals surface area contributed by atoms with E-state index in [2.05, 4.69) is 73.3 Å². The Balaban J connectivity index is 0.902. The lowest BCUT2D eigenvalue weighted by molar-refractivity contribution is -0.144. The van der Waals surface area contributed by atoms with E-state index in [4.69, 9.17) is 9.47 Å². The molecule has 20 nitrogen and oxygen atoms in total. The summed E-state index contributed by atoms with van der Waals surface area (Å²) in [4.78, 5) is 66.2. The standard InChI is InChI=1S/C52H71N13O7S/c1-31-32(2)61-62-45(31)60-46-38-25-43(73(69,70)52(7,8)9)42(26-40(38)56-30-57-46)71-23-22-63-18-20-64(21-19-63)50-54-27-36(28-55-50)72-35-24-41(48(67)58-39-17-13-15-34-14-11-12-16-37(34)39)65(29-35)49(68)44(51(4,5)6)59-47(66)33(3)53-10/h11-12,14,16,25-28,30,33,35,39,41,44,53H,13,15,17-24,29H2,1-10H3,(H,58,67)(H,59,66)(H2,56,57,60,61,62)/t33-,35-,39+,41-,44+/m0/s1. The number of likely N-dealkylation sites (tertiary alicyclic amines) is 1. The minimum absolute atomic E-state index is 0.0644. The topological polar surface area (TPSA) is 242 Å². The van der Waals surface area contributed by atoms with Gasteiger partial charge in [0.2, 0.25) is 23.7 Å². The van der Waals surface area contributed by atoms with Crippen LogP contribution in [0.3, 0.4) is 0 Å². The number of anilines is 3. The fraction of sp³-hybridized carbons (Fsp3) is 0.538. The van der Waals surface area contributed by atoms with Crippen molar-refractivity contribution in [3.8, 4) is 11.5 Å². The van der Waals surface area contributed by atoms with Crippen molar-refractivity contribution in [2.24, 2.45) is 5.41 Å². The molecule has 0 bridgehead atoms. The predicted octanol–water partition coefficient (Wildman–Crippen LogP) is 4.96. The van der Waals surface area contributed by atoms with Crippen molar-refractivity contribution in [1.82, 2.24) is 55.9 Å². The molecule has 2 saturated heterocycles. The van der Waals surface area contributed by atoms with Gasteiger partial charge in [0.15, 0.2) is 21.4 Å². The van der Waals surface area contributed by atoms with Gasteiger partial charge >= 0.3 is 0 Å². The van der Waals surface area contributed by atoms with Crippen LogP contribution in [0.15, 0.2) is 60.0 Å². The molecule has 0 radical (unpaired) electrons. The fourth-order valence-corrected chi connectivity index (χ4v) is 10.8. The number of nitrogens with one attached hydrogen (secondary N) is 5. The third-order valence-corrected chi connectivity index (χ3v) is 16.8. The van der Waals surface area contributed by atoms with Gasteiger partial charge in [-0.05, 0) is 90.5 Å². The van der Waals surface area contributed by atoms with E-state index in [9.17, 15) is 22.8 Å². The Morgan fingerprint density at radius 2 is 1.67 bits per heavy atom. The number of sulfone groups is 1. The number of rotatable bonds is 16. The number of aromatic nitrogens is 6. The van der Waals surface area contributed by atoms with Gasteiger partial charge in [0.1, 0.15) is 47.6 Å². The van der Waals surface area contributed by atoms with Crippen LogP contribution in [0.4, 0.5) is 17.6 Å². The van der Waals surface area contributed by atoms with E-state index in [1.807, 2.05) is 46.8 Å². The van der Waals surface area contributed by atoms with Crippen molar-refractivity contribution >= 4 is 56.0 Å². The Morgan fingerprint density at radius 1 is 0.945 bits per heavy atom. The van der Waals surface area contributed by atoms with Crippen LogP contribution < -0.4 is 35.6 Å². The number of hydrogen-bond acceptors (Lipinski definition) is 16. The van der Waals surface area contributed by atoms with Crippen molar-refractivity contribution in [2.75, 3.05) is 63.1 Å². The highest BCUT2D eigenvalue weighted by Crippen LogP contribution is 2.38. The third kappa shape index (κ3) is 11.7. The molecule has 3 aliphatic rings. The quantitative estimate of drug-likeness (QED) is 0.0878. The summed E-state index contributed by atoms with van der Waals surface area (Å²) in [5.74, 6) is 1.27. The van der Waals surface area contributed by atoms with Crippen LogP contribution in [-0.4, -0.2) is 148 Å². The molecule has 73 heavy (non-hydrogen) atoms. The van der Waals surface area contributed by atoms with E-state index in [0.717, 1.165) is 36.1 Å². The van der Waals surface area contributed by atoms with Crippen molar-refractivity contribution in [3.63, 3.8) is 0 Å². The zero-order chi connectivity index (χ0) is 52.4. The smallest absolute Gasteiger partial charge is 0.246 e. The van der Waals surface area contributed by atoms with Crippen LogP contribution in [0, 0.1) is 19.3 Å². The van der Waals surface area contributed by atoms with E-state index >= 15 is 0 Å². The molecule has 8 rings (SSSR count). The number of benzene rings is 2. The van der Waals surface area contributed by atoms with Crippen LogP contribution in [0.25, 0.3) is 10.9 Å². The number of hydrogen-bond donors (Lipinski definition) is 5. The van der Waals surface area contributed by atoms with Crippen LogP contribution in [-0.2, 0) is 30.6 Å². The normalized spacial score (nSPS) is 19.5. The maximum absolute atomic E-state index is 14.6. The summed E-state index contributed by atoms with van der Waals surface area (Å²) in [6.45, 7) is 19.8. The van der Waals surface area contributed by atoms with Gasteiger partial charge in [0.25, 0.3) is 0 Å². The predicted molar refractivity (Wildman–Crippen MR) is 279 cm³/mol. The molecular weight excluding hydrogens is 951 g/mol. The summed E-state index contributed by atoms with van der Waals surface area (Å²) in [5.41, 5.74) is 3.99. The van der Waals surface area contributed by atoms with Crippen LogP contribution in [0.2, 0.25) is 0 Å². The first-order valence-electron chi connectivity index (χ1n) is 25.2. The average Bonchev–Trinajstić information content (AvgIpc) is 3.93. The molecule has 0 unspecified atom stereocenters. The lowest BCUT2D eigenvalue weighted by Gasteiger charge is -2.36. The van der Waals surface area contributed by atoms with Gasteiger partial charge in [-0.2, -0.15) is 5.10 Å². The number of piperazine rings is 1. The Kier molecular flexibility index (Phi) is 15.6. The largest absolute Gasteiger partial charge is 0.491 e. The summed E-state index contributed by atoms with van der Waals surface area (Å²) in [6, 6.07) is 8.96. The van der Waals surface area contributed by atoms with Gasteiger partial charge in [0, 0.05) is 61.9 Å². The molecule has 3 amide bonds. The van der Waals surface area contributed by atoms with Gasteiger partial charge in [-0.25, -0.2) is 28.4 Å². The van der Waals surface area contributed by atoms with Crippen LogP contribution in [0.1, 0.15) is 96.2 Å². The Hall–Kier alpha value is -6.45. The van der Waals surface area contributed by atoms with Crippen LogP contribution in [0.5, 0.6) is 11.5 Å². The number of aryl methyl sites for hydroxylation is 2. The molecule has 1 aliphatic carbocycles. The number of carbonyl (C=O) groups is 3. The number of ether oxygens (including phenoxy) is 2. The number of likely N-dealkylation sites (N-methyl/N-ethyl adjacent to an activating group) is 1. The number of aromatic amines is 1. The highest BCUT2D eigenvalue weighted by atomic mass is 32.2. The summed E-state index contributed by atoms with van der Waals surface area (Å²) in [6.07, 6.45) is 7.04. The van der Waals surface area contributed by atoms with Gasteiger partial charge < -0.3 is 40.5 Å². The van der Waals surface area contributed by atoms with Crippen molar-refractivity contribution in [1.29, 1.82) is 0 Å². The second kappa shape index (κ2) is 21.6. The van der Waals surface area contributed by atoms with Gasteiger partial charge in [-0.15, -0.1) is 0 Å². The lowest BCUT2D eigenvalue weighted by atomic mass is 9.85. The SMILES string of the molecule is CN[C@@H](C)C(=O)N[C@H](C(=O)N1C[C@@H](Oc2cnc(N3CCN(CCOc4cc5ncnc(Nc6n[nH]c(C)c6C)c5cc4S(=O)(=O)C(C)(C)C)CC3)nc2)C[C@H]1C(=O)N[C@@H]1CCCc2ccccc21)C(C)(C)C. The Morgan fingerprint density at radius 3 is 2.34 bits per heavy atom. The molecule has 0 saturated carbocycles. The Bertz CT molecular complexity index is 2910. The van der Waals surface area contributed by atoms with Gasteiger partial charge in [-0.1, -0.05) is 45.0 Å². The molecule has 0 spiro atoms. The molecule has 392 valence electrons. The first kappa shape index (κ1) is 52.9. The summed E-state index contributed by atoms with van der Waals surface area (Å²) in [5, 5.41) is 20.2. The third-order valence-electron chi connectivity index (χ3n) is 14.3. The van der Waals surface area contributed by atoms with Gasteiger partial charge in [0.05, 0.1) is 41.3 Å². The lowest BCUT2D eigenvalue weighted by Crippen LogP contribution is -2.59. The number of H-pyrrole nitrogens is 1. The molecule has 2 aliphatic heterocycles. The minimum atomic E-state index is -3.86. The molecular formula is C52H71N13O7S.